The van der Waals surface area contributed by atoms with Gasteiger partial charge >= 0.3 is 0 Å². The number of aryl methyl sites for hydroxylation is 1. The molecule has 2 aliphatic rings. The van der Waals surface area contributed by atoms with Crippen molar-refractivity contribution in [3.05, 3.63) is 35.4 Å². The van der Waals surface area contributed by atoms with E-state index >= 15 is 0 Å². The molecule has 3 rings (SSSR count). The fraction of sp³-hybridized carbons (Fsp3) is 0.652. The van der Waals surface area contributed by atoms with E-state index in [2.05, 4.69) is 16.2 Å². The third kappa shape index (κ3) is 5.49. The van der Waals surface area contributed by atoms with E-state index in [4.69, 9.17) is 0 Å². The van der Waals surface area contributed by atoms with Gasteiger partial charge in [-0.25, -0.2) is 4.21 Å². The van der Waals surface area contributed by atoms with Gasteiger partial charge in [-0.05, 0) is 64.3 Å². The van der Waals surface area contributed by atoms with Crippen molar-refractivity contribution in [2.75, 3.05) is 32.4 Å². The van der Waals surface area contributed by atoms with Crippen molar-refractivity contribution in [1.29, 1.82) is 0 Å². The van der Waals surface area contributed by atoms with E-state index in [1.54, 1.807) is 6.26 Å². The smallest absolute Gasteiger partial charge is 0.271 e. The van der Waals surface area contributed by atoms with Crippen molar-refractivity contribution in [2.24, 2.45) is 4.36 Å². The molecule has 2 amide bonds. The molecule has 30 heavy (non-hydrogen) atoms. The summed E-state index contributed by atoms with van der Waals surface area (Å²) in [4.78, 5) is 29.7. The molecule has 0 bridgehead atoms. The SMILES string of the molecule is CCCN1CCCCC1C(=O)N=S(C)(=O)C1CCN(C(=O)c2cccc(C)c2)CC1. The molecular formula is C23H35N3O3S. The predicted octanol–water partition coefficient (Wildman–Crippen LogP) is 3.49. The highest BCUT2D eigenvalue weighted by Crippen LogP contribution is 2.23. The Labute approximate surface area is 181 Å². The standard InChI is InChI=1S/C23H35N3O3S/c1-4-13-25-14-6-5-10-21(25)22(27)24-30(3,29)20-11-15-26(16-12-20)23(28)19-9-7-8-18(2)17-19/h7-9,17,20-21H,4-6,10-16H2,1-3H3. The Kier molecular flexibility index (Phi) is 7.69. The van der Waals surface area contributed by atoms with E-state index in [0.29, 0.717) is 31.5 Å². The maximum atomic E-state index is 13.3. The van der Waals surface area contributed by atoms with Crippen LogP contribution in [0.3, 0.4) is 0 Å². The quantitative estimate of drug-likeness (QED) is 0.713. The van der Waals surface area contributed by atoms with Crippen LogP contribution in [-0.2, 0) is 14.5 Å². The summed E-state index contributed by atoms with van der Waals surface area (Å²) in [5.41, 5.74) is 1.75. The number of carbonyl (C=O) groups excluding carboxylic acids is 2. The summed E-state index contributed by atoms with van der Waals surface area (Å²) >= 11 is 0. The Hall–Kier alpha value is -1.73. The molecule has 0 radical (unpaired) electrons. The zero-order chi connectivity index (χ0) is 21.7. The first-order chi connectivity index (χ1) is 14.3. The van der Waals surface area contributed by atoms with E-state index < -0.39 is 9.73 Å². The molecule has 0 saturated carbocycles. The van der Waals surface area contributed by atoms with Gasteiger partial charge in [-0.1, -0.05) is 31.0 Å². The summed E-state index contributed by atoms with van der Waals surface area (Å²) in [6.45, 7) is 7.00. The lowest BCUT2D eigenvalue weighted by Crippen LogP contribution is -2.45. The van der Waals surface area contributed by atoms with Gasteiger partial charge in [0.05, 0.1) is 15.8 Å². The third-order valence-electron chi connectivity index (χ3n) is 6.29. The summed E-state index contributed by atoms with van der Waals surface area (Å²) < 4.78 is 17.6. The molecule has 2 aliphatic heterocycles. The second-order valence-electron chi connectivity index (χ2n) is 8.70. The maximum Gasteiger partial charge on any atom is 0.271 e. The average Bonchev–Trinajstić information content (AvgIpc) is 2.73. The summed E-state index contributed by atoms with van der Waals surface area (Å²) in [5.74, 6) is -0.195. The molecule has 166 valence electrons. The molecule has 0 spiro atoms. The van der Waals surface area contributed by atoms with Gasteiger partial charge in [-0.15, -0.1) is 0 Å². The Balaban J connectivity index is 1.64. The zero-order valence-corrected chi connectivity index (χ0v) is 19.3. The first-order valence-electron chi connectivity index (χ1n) is 11.2. The normalized spacial score (nSPS) is 23.0. The minimum atomic E-state index is -2.63. The topological polar surface area (TPSA) is 70.1 Å². The van der Waals surface area contributed by atoms with Gasteiger partial charge in [-0.3, -0.25) is 14.5 Å². The number of amides is 2. The summed E-state index contributed by atoms with van der Waals surface area (Å²) in [7, 11) is -2.63. The fourth-order valence-electron chi connectivity index (χ4n) is 4.60. The lowest BCUT2D eigenvalue weighted by atomic mass is 10.0. The summed E-state index contributed by atoms with van der Waals surface area (Å²) in [5, 5.41) is -0.147. The number of rotatable bonds is 5. The van der Waals surface area contributed by atoms with Crippen LogP contribution in [0, 0.1) is 6.92 Å². The molecule has 2 saturated heterocycles. The Morgan fingerprint density at radius 2 is 1.87 bits per heavy atom. The average molecular weight is 434 g/mol. The largest absolute Gasteiger partial charge is 0.339 e. The van der Waals surface area contributed by atoms with E-state index in [1.807, 2.05) is 36.1 Å². The highest BCUT2D eigenvalue weighted by molar-refractivity contribution is 7.93. The third-order valence-corrected chi connectivity index (χ3v) is 8.54. The van der Waals surface area contributed by atoms with Crippen LogP contribution >= 0.6 is 0 Å². The van der Waals surface area contributed by atoms with Gasteiger partial charge in [0.25, 0.3) is 11.8 Å². The summed E-state index contributed by atoms with van der Waals surface area (Å²) in [6.07, 6.45) is 6.80. The van der Waals surface area contributed by atoms with Gasteiger partial charge in [0.15, 0.2) is 0 Å². The molecule has 0 N–H and O–H groups in total. The molecule has 2 fully saturated rings. The second kappa shape index (κ2) is 10.1. The Morgan fingerprint density at radius 3 is 2.53 bits per heavy atom. The lowest BCUT2D eigenvalue weighted by molar-refractivity contribution is -0.124. The molecule has 2 atom stereocenters. The first kappa shape index (κ1) is 22.9. The van der Waals surface area contributed by atoms with Gasteiger partial charge in [-0.2, -0.15) is 4.36 Å². The van der Waals surface area contributed by atoms with Crippen LogP contribution in [0.25, 0.3) is 0 Å². The molecule has 1 aromatic carbocycles. The number of benzene rings is 1. The highest BCUT2D eigenvalue weighted by atomic mass is 32.2. The fourth-order valence-corrected chi connectivity index (χ4v) is 6.31. The Morgan fingerprint density at radius 1 is 1.13 bits per heavy atom. The van der Waals surface area contributed by atoms with Crippen LogP contribution in [0.1, 0.15) is 61.4 Å². The van der Waals surface area contributed by atoms with E-state index in [-0.39, 0.29) is 23.1 Å². The minimum Gasteiger partial charge on any atom is -0.339 e. The van der Waals surface area contributed by atoms with Crippen molar-refractivity contribution < 1.29 is 13.8 Å². The molecule has 0 aliphatic carbocycles. The van der Waals surface area contributed by atoms with Gasteiger partial charge in [0.2, 0.25) is 0 Å². The monoisotopic (exact) mass is 433 g/mol. The zero-order valence-electron chi connectivity index (χ0n) is 18.5. The molecule has 0 aromatic heterocycles. The van der Waals surface area contributed by atoms with E-state index in [0.717, 1.165) is 44.3 Å². The molecule has 7 heteroatoms. The van der Waals surface area contributed by atoms with Crippen LogP contribution in [0.5, 0.6) is 0 Å². The van der Waals surface area contributed by atoms with E-state index in [9.17, 15) is 13.8 Å². The molecule has 1 aromatic rings. The van der Waals surface area contributed by atoms with E-state index in [1.165, 1.54) is 0 Å². The first-order valence-corrected chi connectivity index (χ1v) is 13.2. The van der Waals surface area contributed by atoms with Crippen LogP contribution in [0.4, 0.5) is 0 Å². The van der Waals surface area contributed by atoms with Crippen molar-refractivity contribution in [3.63, 3.8) is 0 Å². The van der Waals surface area contributed by atoms with Gasteiger partial charge in [0.1, 0.15) is 0 Å². The van der Waals surface area contributed by atoms with Crippen LogP contribution in [-0.4, -0.2) is 69.5 Å². The van der Waals surface area contributed by atoms with Crippen LogP contribution in [0.15, 0.2) is 28.6 Å². The predicted molar refractivity (Wildman–Crippen MR) is 121 cm³/mol. The number of hydrogen-bond donors (Lipinski definition) is 0. The molecular weight excluding hydrogens is 398 g/mol. The molecule has 2 unspecified atom stereocenters. The molecule has 2 heterocycles. The van der Waals surface area contributed by atoms with Crippen LogP contribution in [0.2, 0.25) is 0 Å². The van der Waals surface area contributed by atoms with Crippen molar-refractivity contribution in [1.82, 2.24) is 9.80 Å². The van der Waals surface area contributed by atoms with Crippen LogP contribution < -0.4 is 0 Å². The number of likely N-dealkylation sites (tertiary alicyclic amines) is 2. The van der Waals surface area contributed by atoms with Crippen molar-refractivity contribution >= 4 is 21.5 Å². The van der Waals surface area contributed by atoms with Crippen molar-refractivity contribution in [2.45, 2.75) is 63.7 Å². The minimum absolute atomic E-state index is 0.0187. The summed E-state index contributed by atoms with van der Waals surface area (Å²) in [6, 6.07) is 7.39. The number of hydrogen-bond acceptors (Lipinski definition) is 4. The highest BCUT2D eigenvalue weighted by Gasteiger charge is 2.32. The lowest BCUT2D eigenvalue weighted by Gasteiger charge is -2.34. The van der Waals surface area contributed by atoms with Crippen molar-refractivity contribution in [3.8, 4) is 0 Å². The number of carbonyl (C=O) groups is 2. The Bertz CT molecular complexity index is 881. The molecule has 6 nitrogen and oxygen atoms in total. The number of piperidine rings is 2. The van der Waals surface area contributed by atoms with Gasteiger partial charge < -0.3 is 4.90 Å². The van der Waals surface area contributed by atoms with Gasteiger partial charge in [0, 0.05) is 30.2 Å². The maximum absolute atomic E-state index is 13.3. The number of nitrogens with zero attached hydrogens (tertiary/aromatic N) is 3. The second-order valence-corrected chi connectivity index (χ2v) is 11.3.